The summed E-state index contributed by atoms with van der Waals surface area (Å²) in [5.74, 6) is 0.797. The molecule has 2 fully saturated rings. The minimum absolute atomic E-state index is 0.438. The lowest BCUT2D eigenvalue weighted by atomic mass is 9.67. The highest BCUT2D eigenvalue weighted by atomic mass is 16.5. The molecule has 0 amide bonds. The lowest BCUT2D eigenvalue weighted by molar-refractivity contribution is -0.0205. The van der Waals surface area contributed by atoms with E-state index in [9.17, 15) is 0 Å². The first-order valence-electron chi connectivity index (χ1n) is 8.59. The third-order valence-electron chi connectivity index (χ3n) is 5.30. The molecule has 0 radical (unpaired) electrons. The molecule has 2 rings (SSSR count). The zero-order valence-electron chi connectivity index (χ0n) is 14.0. The van der Waals surface area contributed by atoms with Crippen LogP contribution in [0.3, 0.4) is 0 Å². The summed E-state index contributed by atoms with van der Waals surface area (Å²) in [7, 11) is 0. The maximum atomic E-state index is 5.58. The molecule has 0 aromatic heterocycles. The molecule has 0 bridgehead atoms. The number of nitrogens with one attached hydrogen (secondary N) is 1. The Morgan fingerprint density at radius 2 is 2.15 bits per heavy atom. The van der Waals surface area contributed by atoms with Gasteiger partial charge in [0, 0.05) is 25.2 Å². The van der Waals surface area contributed by atoms with E-state index in [1.807, 2.05) is 0 Å². The molecule has 3 heteroatoms. The van der Waals surface area contributed by atoms with Gasteiger partial charge in [-0.2, -0.15) is 0 Å². The zero-order valence-corrected chi connectivity index (χ0v) is 14.0. The summed E-state index contributed by atoms with van der Waals surface area (Å²) in [4.78, 5) is 2.65. The summed E-state index contributed by atoms with van der Waals surface area (Å²) in [6, 6.07) is 1.26. The fourth-order valence-electron chi connectivity index (χ4n) is 4.05. The molecule has 0 spiro atoms. The van der Waals surface area contributed by atoms with E-state index in [-0.39, 0.29) is 0 Å². The van der Waals surface area contributed by atoms with E-state index >= 15 is 0 Å². The van der Waals surface area contributed by atoms with E-state index in [1.165, 1.54) is 32.2 Å². The predicted molar refractivity (Wildman–Crippen MR) is 85.1 cm³/mol. The second-order valence-electron chi connectivity index (χ2n) is 7.49. The van der Waals surface area contributed by atoms with E-state index in [4.69, 9.17) is 4.74 Å². The van der Waals surface area contributed by atoms with Crippen molar-refractivity contribution in [3.05, 3.63) is 0 Å². The van der Waals surface area contributed by atoms with Crippen molar-refractivity contribution in [3.63, 3.8) is 0 Å². The first-order chi connectivity index (χ1) is 9.54. The van der Waals surface area contributed by atoms with Crippen molar-refractivity contribution in [1.82, 2.24) is 10.2 Å². The van der Waals surface area contributed by atoms with Crippen LogP contribution in [0.15, 0.2) is 0 Å². The molecule has 1 aliphatic heterocycles. The largest absolute Gasteiger partial charge is 0.379 e. The first kappa shape index (κ1) is 16.3. The summed E-state index contributed by atoms with van der Waals surface area (Å²) >= 11 is 0. The van der Waals surface area contributed by atoms with Gasteiger partial charge in [-0.15, -0.1) is 0 Å². The summed E-state index contributed by atoms with van der Waals surface area (Å²) < 4.78 is 5.58. The van der Waals surface area contributed by atoms with Crippen molar-refractivity contribution in [2.45, 2.75) is 65.5 Å². The van der Waals surface area contributed by atoms with Crippen LogP contribution >= 0.6 is 0 Å². The lowest BCUT2D eigenvalue weighted by Gasteiger charge is -2.47. The van der Waals surface area contributed by atoms with Crippen molar-refractivity contribution >= 4 is 0 Å². The Balaban J connectivity index is 1.98. The van der Waals surface area contributed by atoms with E-state index in [0.717, 1.165) is 32.2 Å². The molecule has 0 aromatic carbocycles. The van der Waals surface area contributed by atoms with E-state index < -0.39 is 0 Å². The molecule has 3 nitrogen and oxygen atoms in total. The summed E-state index contributed by atoms with van der Waals surface area (Å²) in [5, 5.41) is 3.86. The average molecular weight is 282 g/mol. The van der Waals surface area contributed by atoms with Crippen LogP contribution in [0.5, 0.6) is 0 Å². The maximum Gasteiger partial charge on any atom is 0.0619 e. The van der Waals surface area contributed by atoms with Gasteiger partial charge in [-0.25, -0.2) is 0 Å². The van der Waals surface area contributed by atoms with Crippen molar-refractivity contribution in [1.29, 1.82) is 0 Å². The summed E-state index contributed by atoms with van der Waals surface area (Å²) in [6.07, 6.45) is 5.37. The number of morpholine rings is 1. The Labute approximate surface area is 125 Å². The van der Waals surface area contributed by atoms with Crippen LogP contribution < -0.4 is 5.32 Å². The highest BCUT2D eigenvalue weighted by Crippen LogP contribution is 2.39. The molecule has 1 N–H and O–H groups in total. The van der Waals surface area contributed by atoms with Gasteiger partial charge < -0.3 is 10.1 Å². The lowest BCUT2D eigenvalue weighted by Crippen LogP contribution is -2.55. The molecule has 1 heterocycles. The van der Waals surface area contributed by atoms with Crippen LogP contribution in [0.4, 0.5) is 0 Å². The molecule has 20 heavy (non-hydrogen) atoms. The molecule has 1 aliphatic carbocycles. The second kappa shape index (κ2) is 7.24. The van der Waals surface area contributed by atoms with Crippen molar-refractivity contribution in [2.75, 3.05) is 32.8 Å². The third kappa shape index (κ3) is 3.96. The van der Waals surface area contributed by atoms with Crippen molar-refractivity contribution < 1.29 is 4.74 Å². The van der Waals surface area contributed by atoms with Gasteiger partial charge in [-0.05, 0) is 44.1 Å². The van der Waals surface area contributed by atoms with Gasteiger partial charge >= 0.3 is 0 Å². The smallest absolute Gasteiger partial charge is 0.0619 e. The normalized spacial score (nSPS) is 35.1. The highest BCUT2D eigenvalue weighted by molar-refractivity contribution is 4.95. The number of ether oxygens (including phenoxy) is 1. The Bertz CT molecular complexity index is 293. The minimum atomic E-state index is 0.438. The van der Waals surface area contributed by atoms with E-state index in [1.54, 1.807) is 0 Å². The first-order valence-corrected chi connectivity index (χ1v) is 8.59. The van der Waals surface area contributed by atoms with Gasteiger partial charge in [0.15, 0.2) is 0 Å². The fourth-order valence-corrected chi connectivity index (χ4v) is 4.05. The SMILES string of the molecule is CCCNC1C(CN2CCOCC2C)CCCC1(C)C. The Kier molecular flexibility index (Phi) is 5.88. The van der Waals surface area contributed by atoms with Gasteiger partial charge in [0.05, 0.1) is 13.2 Å². The molecule has 118 valence electrons. The van der Waals surface area contributed by atoms with Crippen molar-refractivity contribution in [2.24, 2.45) is 11.3 Å². The number of rotatable bonds is 5. The fraction of sp³-hybridized carbons (Fsp3) is 1.00. The second-order valence-corrected chi connectivity index (χ2v) is 7.49. The molecule has 2 aliphatic rings. The molecule has 1 saturated carbocycles. The minimum Gasteiger partial charge on any atom is -0.379 e. The monoisotopic (exact) mass is 282 g/mol. The Morgan fingerprint density at radius 1 is 1.35 bits per heavy atom. The number of nitrogens with zero attached hydrogens (tertiary/aromatic N) is 1. The van der Waals surface area contributed by atoms with Crippen LogP contribution in [-0.4, -0.2) is 49.8 Å². The average Bonchev–Trinajstić information content (AvgIpc) is 2.40. The number of hydrogen-bond donors (Lipinski definition) is 1. The third-order valence-corrected chi connectivity index (χ3v) is 5.30. The zero-order chi connectivity index (χ0) is 14.6. The molecule has 1 saturated heterocycles. The van der Waals surface area contributed by atoms with Crippen LogP contribution in [0.2, 0.25) is 0 Å². The molecular formula is C17H34N2O. The molecular weight excluding hydrogens is 248 g/mol. The van der Waals surface area contributed by atoms with Gasteiger partial charge in [0.25, 0.3) is 0 Å². The standard InChI is InChI=1S/C17H34N2O/c1-5-9-18-16-15(7-6-8-17(16,3)4)12-19-10-11-20-13-14(19)2/h14-16,18H,5-13H2,1-4H3. The quantitative estimate of drug-likeness (QED) is 0.839. The van der Waals surface area contributed by atoms with Gasteiger partial charge in [0.2, 0.25) is 0 Å². The Morgan fingerprint density at radius 3 is 2.85 bits per heavy atom. The topological polar surface area (TPSA) is 24.5 Å². The van der Waals surface area contributed by atoms with Crippen molar-refractivity contribution in [3.8, 4) is 0 Å². The molecule has 3 unspecified atom stereocenters. The molecule has 3 atom stereocenters. The van der Waals surface area contributed by atoms with E-state index in [2.05, 4.69) is 37.9 Å². The van der Waals surface area contributed by atoms with E-state index in [0.29, 0.717) is 17.5 Å². The molecule has 0 aromatic rings. The van der Waals surface area contributed by atoms with Crippen LogP contribution in [0, 0.1) is 11.3 Å². The van der Waals surface area contributed by atoms with Gasteiger partial charge in [-0.1, -0.05) is 27.2 Å². The highest BCUT2D eigenvalue weighted by Gasteiger charge is 2.39. The predicted octanol–water partition coefficient (Wildman–Crippen LogP) is 2.90. The van der Waals surface area contributed by atoms with Gasteiger partial charge in [-0.3, -0.25) is 4.90 Å². The van der Waals surface area contributed by atoms with Crippen LogP contribution in [0.1, 0.15) is 53.4 Å². The summed E-state index contributed by atoms with van der Waals surface area (Å²) in [5.41, 5.74) is 0.438. The van der Waals surface area contributed by atoms with Crippen LogP contribution in [-0.2, 0) is 4.74 Å². The van der Waals surface area contributed by atoms with Crippen LogP contribution in [0.25, 0.3) is 0 Å². The maximum absolute atomic E-state index is 5.58. The van der Waals surface area contributed by atoms with Gasteiger partial charge in [0.1, 0.15) is 0 Å². The summed E-state index contributed by atoms with van der Waals surface area (Å²) in [6.45, 7) is 14.8. The number of hydrogen-bond acceptors (Lipinski definition) is 3. The Hall–Kier alpha value is -0.120.